The minimum Gasteiger partial charge on any atom is -0.296 e. The van der Waals surface area contributed by atoms with Crippen LogP contribution in [0.3, 0.4) is 0 Å². The highest BCUT2D eigenvalue weighted by atomic mass is 19.1. The number of carbonyl (C=O) groups is 1. The summed E-state index contributed by atoms with van der Waals surface area (Å²) >= 11 is 0. The summed E-state index contributed by atoms with van der Waals surface area (Å²) in [5.74, 6) is -0.508. The molecule has 4 heteroatoms. The Morgan fingerprint density at radius 3 is 2.80 bits per heavy atom. The summed E-state index contributed by atoms with van der Waals surface area (Å²) in [4.78, 5) is 17.5. The fourth-order valence-electron chi connectivity index (χ4n) is 1.80. The predicted octanol–water partition coefficient (Wildman–Crippen LogP) is 1.50. The summed E-state index contributed by atoms with van der Waals surface area (Å²) in [7, 11) is 0. The lowest BCUT2D eigenvalue weighted by molar-refractivity contribution is 0.0944. The fraction of sp³-hybridized carbons (Fsp3) is 0.455. The average molecular weight is 208 g/mol. The van der Waals surface area contributed by atoms with E-state index in [-0.39, 0.29) is 5.78 Å². The third kappa shape index (κ3) is 2.59. The third-order valence-corrected chi connectivity index (χ3v) is 2.59. The first-order valence-electron chi connectivity index (χ1n) is 5.12. The fourth-order valence-corrected chi connectivity index (χ4v) is 1.80. The molecule has 1 aliphatic heterocycles. The number of Topliss-reactive ketones (excluding diaryl/α,β-unsaturated/α-hetero) is 1. The van der Waals surface area contributed by atoms with Gasteiger partial charge in [-0.2, -0.15) is 0 Å². The Morgan fingerprint density at radius 2 is 2.13 bits per heavy atom. The van der Waals surface area contributed by atoms with Gasteiger partial charge in [-0.05, 0) is 32.0 Å². The molecule has 0 saturated carbocycles. The van der Waals surface area contributed by atoms with Gasteiger partial charge in [0.2, 0.25) is 0 Å². The van der Waals surface area contributed by atoms with Gasteiger partial charge in [0.15, 0.2) is 5.78 Å². The Labute approximate surface area is 87.9 Å². The maximum atomic E-state index is 12.8. The molecule has 0 N–H and O–H groups in total. The van der Waals surface area contributed by atoms with Crippen LogP contribution in [0.5, 0.6) is 0 Å². The van der Waals surface area contributed by atoms with Crippen molar-refractivity contribution in [3.63, 3.8) is 0 Å². The van der Waals surface area contributed by atoms with Crippen molar-refractivity contribution in [2.24, 2.45) is 0 Å². The molecule has 2 rings (SSSR count). The van der Waals surface area contributed by atoms with Crippen LogP contribution in [-0.4, -0.2) is 35.3 Å². The van der Waals surface area contributed by atoms with Crippen LogP contribution in [0.15, 0.2) is 18.5 Å². The zero-order valence-electron chi connectivity index (χ0n) is 8.45. The molecule has 1 aliphatic rings. The second-order valence-electron chi connectivity index (χ2n) is 3.80. The summed E-state index contributed by atoms with van der Waals surface area (Å²) in [6.45, 7) is 2.31. The molecule has 80 valence electrons. The van der Waals surface area contributed by atoms with E-state index in [9.17, 15) is 9.18 Å². The molecule has 2 heterocycles. The molecule has 0 bridgehead atoms. The van der Waals surface area contributed by atoms with Crippen LogP contribution in [-0.2, 0) is 0 Å². The first-order chi connectivity index (χ1) is 7.25. The summed E-state index contributed by atoms with van der Waals surface area (Å²) in [5.41, 5.74) is 0.363. The molecule has 0 atom stereocenters. The van der Waals surface area contributed by atoms with Crippen LogP contribution in [0, 0.1) is 5.82 Å². The lowest BCUT2D eigenvalue weighted by Crippen LogP contribution is -2.26. The van der Waals surface area contributed by atoms with Gasteiger partial charge in [0.25, 0.3) is 0 Å². The molecule has 0 amide bonds. The number of rotatable bonds is 3. The Bertz CT molecular complexity index is 361. The van der Waals surface area contributed by atoms with Gasteiger partial charge < -0.3 is 0 Å². The number of likely N-dealkylation sites (tertiary alicyclic amines) is 1. The number of nitrogens with zero attached hydrogens (tertiary/aromatic N) is 2. The van der Waals surface area contributed by atoms with E-state index in [0.717, 1.165) is 32.1 Å². The number of carbonyl (C=O) groups excluding carboxylic acids is 1. The van der Waals surface area contributed by atoms with Gasteiger partial charge in [-0.15, -0.1) is 0 Å². The number of ketones is 1. The van der Waals surface area contributed by atoms with Gasteiger partial charge in [-0.1, -0.05) is 0 Å². The SMILES string of the molecule is O=C(CN1CCCC1)c1cncc(F)c1. The lowest BCUT2D eigenvalue weighted by Gasteiger charge is -2.12. The van der Waals surface area contributed by atoms with Gasteiger partial charge in [-0.25, -0.2) is 4.39 Å². The zero-order valence-corrected chi connectivity index (χ0v) is 8.45. The molecular formula is C11H13FN2O. The van der Waals surface area contributed by atoms with Crippen LogP contribution in [0.2, 0.25) is 0 Å². The topological polar surface area (TPSA) is 33.2 Å². The minimum atomic E-state index is -0.456. The smallest absolute Gasteiger partial charge is 0.178 e. The van der Waals surface area contributed by atoms with E-state index in [1.54, 1.807) is 0 Å². The average Bonchev–Trinajstić information content (AvgIpc) is 2.70. The van der Waals surface area contributed by atoms with Gasteiger partial charge in [0, 0.05) is 11.8 Å². The second-order valence-corrected chi connectivity index (χ2v) is 3.80. The first kappa shape index (κ1) is 10.2. The number of halogens is 1. The van der Waals surface area contributed by atoms with Crippen molar-refractivity contribution in [1.82, 2.24) is 9.88 Å². The molecule has 0 spiro atoms. The molecule has 0 radical (unpaired) electrons. The third-order valence-electron chi connectivity index (χ3n) is 2.59. The number of pyridine rings is 1. The van der Waals surface area contributed by atoms with Crippen LogP contribution in [0.4, 0.5) is 4.39 Å². The summed E-state index contributed by atoms with van der Waals surface area (Å²) in [5, 5.41) is 0. The number of hydrogen-bond donors (Lipinski definition) is 0. The van der Waals surface area contributed by atoms with Crippen molar-refractivity contribution in [3.05, 3.63) is 29.8 Å². The van der Waals surface area contributed by atoms with E-state index in [1.807, 2.05) is 0 Å². The molecule has 1 saturated heterocycles. The highest BCUT2D eigenvalue weighted by Gasteiger charge is 2.16. The van der Waals surface area contributed by atoms with Crippen LogP contribution in [0.1, 0.15) is 23.2 Å². The van der Waals surface area contributed by atoms with Crippen molar-refractivity contribution in [2.45, 2.75) is 12.8 Å². The van der Waals surface area contributed by atoms with E-state index in [0.29, 0.717) is 12.1 Å². The first-order valence-corrected chi connectivity index (χ1v) is 5.12. The quantitative estimate of drug-likeness (QED) is 0.706. The van der Waals surface area contributed by atoms with Crippen molar-refractivity contribution < 1.29 is 9.18 Å². The molecular weight excluding hydrogens is 195 g/mol. The minimum absolute atomic E-state index is 0.0519. The molecule has 0 aliphatic carbocycles. The Kier molecular flexibility index (Phi) is 3.06. The Morgan fingerprint density at radius 1 is 1.40 bits per heavy atom. The van der Waals surface area contributed by atoms with Crippen molar-refractivity contribution in [2.75, 3.05) is 19.6 Å². The van der Waals surface area contributed by atoms with Gasteiger partial charge >= 0.3 is 0 Å². The van der Waals surface area contributed by atoms with Crippen LogP contribution in [0.25, 0.3) is 0 Å². The molecule has 0 unspecified atom stereocenters. The summed E-state index contributed by atoms with van der Waals surface area (Å²) < 4.78 is 12.8. The molecule has 1 fully saturated rings. The molecule has 0 aromatic carbocycles. The van der Waals surface area contributed by atoms with E-state index in [1.165, 1.54) is 12.3 Å². The monoisotopic (exact) mass is 208 g/mol. The summed E-state index contributed by atoms with van der Waals surface area (Å²) in [6, 6.07) is 1.24. The normalized spacial score (nSPS) is 16.9. The standard InChI is InChI=1S/C11H13FN2O/c12-10-5-9(6-13-7-10)11(15)8-14-3-1-2-4-14/h5-7H,1-4,8H2. The highest BCUT2D eigenvalue weighted by molar-refractivity contribution is 5.97. The predicted molar refractivity (Wildman–Crippen MR) is 54.2 cm³/mol. The Balaban J connectivity index is 2.01. The number of aromatic nitrogens is 1. The molecule has 1 aromatic heterocycles. The van der Waals surface area contributed by atoms with E-state index in [4.69, 9.17) is 0 Å². The highest BCUT2D eigenvalue weighted by Crippen LogP contribution is 2.09. The van der Waals surface area contributed by atoms with Crippen LogP contribution >= 0.6 is 0 Å². The second kappa shape index (κ2) is 4.49. The zero-order chi connectivity index (χ0) is 10.7. The van der Waals surface area contributed by atoms with Crippen molar-refractivity contribution in [3.8, 4) is 0 Å². The van der Waals surface area contributed by atoms with E-state index in [2.05, 4.69) is 9.88 Å². The van der Waals surface area contributed by atoms with E-state index < -0.39 is 5.82 Å². The number of hydrogen-bond acceptors (Lipinski definition) is 3. The van der Waals surface area contributed by atoms with Gasteiger partial charge in [-0.3, -0.25) is 14.7 Å². The molecule has 1 aromatic rings. The van der Waals surface area contributed by atoms with E-state index >= 15 is 0 Å². The molecule has 3 nitrogen and oxygen atoms in total. The van der Waals surface area contributed by atoms with Gasteiger partial charge in [0.1, 0.15) is 5.82 Å². The molecule has 15 heavy (non-hydrogen) atoms. The maximum Gasteiger partial charge on any atom is 0.178 e. The lowest BCUT2D eigenvalue weighted by atomic mass is 10.2. The van der Waals surface area contributed by atoms with Crippen LogP contribution < -0.4 is 0 Å². The van der Waals surface area contributed by atoms with Crippen molar-refractivity contribution >= 4 is 5.78 Å². The Hall–Kier alpha value is -1.29. The summed E-state index contributed by atoms with van der Waals surface area (Å²) in [6.07, 6.45) is 4.82. The maximum absolute atomic E-state index is 12.8. The largest absolute Gasteiger partial charge is 0.296 e. The van der Waals surface area contributed by atoms with Gasteiger partial charge in [0.05, 0.1) is 12.7 Å². The van der Waals surface area contributed by atoms with Crippen molar-refractivity contribution in [1.29, 1.82) is 0 Å².